The van der Waals surface area contributed by atoms with Crippen LogP contribution < -0.4 is 10.5 Å². The Balaban J connectivity index is 1.92. The number of nitrogens with two attached hydrogens (primary N) is 1. The van der Waals surface area contributed by atoms with Gasteiger partial charge in [0.15, 0.2) is 5.58 Å². The molecule has 0 aliphatic rings. The maximum absolute atomic E-state index is 5.59. The van der Waals surface area contributed by atoms with E-state index in [1.807, 2.05) is 24.3 Å². The summed E-state index contributed by atoms with van der Waals surface area (Å²) < 4.78 is 10.9. The lowest BCUT2D eigenvalue weighted by atomic mass is 10.3. The highest BCUT2D eigenvalue weighted by molar-refractivity contribution is 5.72. The van der Waals surface area contributed by atoms with Crippen molar-refractivity contribution < 1.29 is 9.15 Å². The van der Waals surface area contributed by atoms with Crippen LogP contribution in [-0.4, -0.2) is 4.98 Å². The molecule has 17 heavy (non-hydrogen) atoms. The third kappa shape index (κ3) is 1.92. The van der Waals surface area contributed by atoms with Crippen molar-refractivity contribution in [3.8, 4) is 11.8 Å². The Morgan fingerprint density at radius 1 is 1.00 bits per heavy atom. The molecule has 1 aromatic heterocycles. The minimum absolute atomic E-state index is 0.232. The first-order valence-corrected chi connectivity index (χ1v) is 5.20. The molecule has 0 amide bonds. The Morgan fingerprint density at radius 2 is 1.76 bits per heavy atom. The molecule has 3 aromatic rings. The molecule has 0 aliphatic heterocycles. The predicted octanol–water partition coefficient (Wildman–Crippen LogP) is 3.20. The summed E-state index contributed by atoms with van der Waals surface area (Å²) in [6.07, 6.45) is 0.232. The average Bonchev–Trinajstić information content (AvgIpc) is 2.74. The smallest absolute Gasteiger partial charge is 0.400 e. The van der Waals surface area contributed by atoms with Crippen LogP contribution in [0.1, 0.15) is 0 Å². The second kappa shape index (κ2) is 3.83. The standard InChI is InChI=1S/C13H10N2O2/c14-9-5-7-10(8-6-9)16-13-15-11-3-1-2-4-12(11)17-13/h1-8H,14H2. The van der Waals surface area contributed by atoms with Gasteiger partial charge in [-0.2, -0.15) is 4.98 Å². The molecule has 0 radical (unpaired) electrons. The minimum Gasteiger partial charge on any atom is -0.411 e. The lowest BCUT2D eigenvalue weighted by molar-refractivity contribution is 0.343. The molecular weight excluding hydrogens is 216 g/mol. The molecular formula is C13H10N2O2. The normalized spacial score (nSPS) is 10.6. The third-order valence-electron chi connectivity index (χ3n) is 2.36. The SMILES string of the molecule is Nc1ccc(Oc2nc3ccccc3o2)cc1. The quantitative estimate of drug-likeness (QED) is 0.681. The van der Waals surface area contributed by atoms with Crippen molar-refractivity contribution in [3.05, 3.63) is 48.5 Å². The lowest BCUT2D eigenvalue weighted by Crippen LogP contribution is -1.86. The second-order valence-electron chi connectivity index (χ2n) is 3.62. The first-order valence-electron chi connectivity index (χ1n) is 5.20. The zero-order valence-electron chi connectivity index (χ0n) is 8.96. The van der Waals surface area contributed by atoms with Gasteiger partial charge in [-0.15, -0.1) is 0 Å². The second-order valence-corrected chi connectivity index (χ2v) is 3.62. The molecule has 4 heteroatoms. The minimum atomic E-state index is 0.232. The first-order chi connectivity index (χ1) is 8.31. The first kappa shape index (κ1) is 9.72. The van der Waals surface area contributed by atoms with Gasteiger partial charge in [-0.25, -0.2) is 0 Å². The van der Waals surface area contributed by atoms with E-state index >= 15 is 0 Å². The van der Waals surface area contributed by atoms with Gasteiger partial charge in [0.2, 0.25) is 0 Å². The number of aromatic nitrogens is 1. The number of anilines is 1. The molecule has 0 fully saturated rings. The van der Waals surface area contributed by atoms with Crippen LogP contribution >= 0.6 is 0 Å². The van der Waals surface area contributed by atoms with Crippen molar-refractivity contribution in [2.24, 2.45) is 0 Å². The highest BCUT2D eigenvalue weighted by Gasteiger charge is 2.06. The summed E-state index contributed by atoms with van der Waals surface area (Å²) in [6, 6.07) is 14.6. The van der Waals surface area contributed by atoms with Crippen LogP contribution in [0.2, 0.25) is 0 Å². The Morgan fingerprint density at radius 3 is 2.53 bits per heavy atom. The molecule has 0 aliphatic carbocycles. The Hall–Kier alpha value is -2.49. The Bertz CT molecular complexity index is 611. The molecule has 84 valence electrons. The zero-order valence-corrected chi connectivity index (χ0v) is 8.96. The van der Waals surface area contributed by atoms with Crippen LogP contribution in [0.4, 0.5) is 5.69 Å². The van der Waals surface area contributed by atoms with Crippen molar-refractivity contribution in [2.75, 3.05) is 5.73 Å². The fourth-order valence-electron chi connectivity index (χ4n) is 1.53. The van der Waals surface area contributed by atoms with Gasteiger partial charge in [0.05, 0.1) is 0 Å². The number of fused-ring (bicyclic) bond motifs is 1. The summed E-state index contributed by atoms with van der Waals surface area (Å²) >= 11 is 0. The molecule has 0 unspecified atom stereocenters. The number of ether oxygens (including phenoxy) is 1. The molecule has 2 N–H and O–H groups in total. The number of oxazole rings is 1. The van der Waals surface area contributed by atoms with E-state index in [4.69, 9.17) is 14.9 Å². The van der Waals surface area contributed by atoms with E-state index < -0.39 is 0 Å². The van der Waals surface area contributed by atoms with E-state index in [-0.39, 0.29) is 6.08 Å². The van der Waals surface area contributed by atoms with Crippen molar-refractivity contribution in [1.29, 1.82) is 0 Å². The number of nitrogen functional groups attached to an aromatic ring is 1. The molecule has 0 spiro atoms. The molecule has 0 bridgehead atoms. The summed E-state index contributed by atoms with van der Waals surface area (Å²) in [7, 11) is 0. The number of hydrogen-bond acceptors (Lipinski definition) is 4. The van der Waals surface area contributed by atoms with Gasteiger partial charge in [0, 0.05) is 5.69 Å². The van der Waals surface area contributed by atoms with Crippen molar-refractivity contribution >= 4 is 16.8 Å². The summed E-state index contributed by atoms with van der Waals surface area (Å²) in [4.78, 5) is 4.21. The summed E-state index contributed by atoms with van der Waals surface area (Å²) in [5, 5.41) is 0. The van der Waals surface area contributed by atoms with Crippen molar-refractivity contribution in [2.45, 2.75) is 0 Å². The fraction of sp³-hybridized carbons (Fsp3) is 0. The lowest BCUT2D eigenvalue weighted by Gasteiger charge is -1.99. The summed E-state index contributed by atoms with van der Waals surface area (Å²) in [5.74, 6) is 0.644. The van der Waals surface area contributed by atoms with Crippen LogP contribution in [0, 0.1) is 0 Å². The average molecular weight is 226 g/mol. The van der Waals surface area contributed by atoms with Crippen LogP contribution in [0.5, 0.6) is 11.8 Å². The largest absolute Gasteiger partial charge is 0.411 e. The highest BCUT2D eigenvalue weighted by atomic mass is 16.6. The number of hydrogen-bond donors (Lipinski definition) is 1. The van der Waals surface area contributed by atoms with Gasteiger partial charge in [0.1, 0.15) is 11.3 Å². The fourth-order valence-corrected chi connectivity index (χ4v) is 1.53. The molecule has 3 rings (SSSR count). The molecule has 4 nitrogen and oxygen atoms in total. The number of rotatable bonds is 2. The van der Waals surface area contributed by atoms with Gasteiger partial charge in [0.25, 0.3) is 0 Å². The van der Waals surface area contributed by atoms with E-state index in [2.05, 4.69) is 4.98 Å². The predicted molar refractivity (Wildman–Crippen MR) is 64.9 cm³/mol. The highest BCUT2D eigenvalue weighted by Crippen LogP contribution is 2.25. The van der Waals surface area contributed by atoms with Crippen LogP contribution in [0.3, 0.4) is 0 Å². The molecule has 0 saturated carbocycles. The van der Waals surface area contributed by atoms with E-state index in [1.165, 1.54) is 0 Å². The van der Waals surface area contributed by atoms with Gasteiger partial charge in [-0.3, -0.25) is 0 Å². The number of para-hydroxylation sites is 2. The van der Waals surface area contributed by atoms with Crippen LogP contribution in [0.15, 0.2) is 52.9 Å². The number of benzene rings is 2. The van der Waals surface area contributed by atoms with Gasteiger partial charge in [-0.05, 0) is 36.4 Å². The number of nitrogens with zero attached hydrogens (tertiary/aromatic N) is 1. The van der Waals surface area contributed by atoms with Crippen molar-refractivity contribution in [1.82, 2.24) is 4.98 Å². The maximum Gasteiger partial charge on any atom is 0.400 e. The molecule has 2 aromatic carbocycles. The topological polar surface area (TPSA) is 61.3 Å². The maximum atomic E-state index is 5.59. The van der Waals surface area contributed by atoms with E-state index in [0.29, 0.717) is 17.0 Å². The van der Waals surface area contributed by atoms with Gasteiger partial charge < -0.3 is 14.9 Å². The van der Waals surface area contributed by atoms with Crippen LogP contribution in [-0.2, 0) is 0 Å². The molecule has 1 heterocycles. The van der Waals surface area contributed by atoms with Gasteiger partial charge in [-0.1, -0.05) is 12.1 Å². The summed E-state index contributed by atoms with van der Waals surface area (Å²) in [5.41, 5.74) is 7.76. The van der Waals surface area contributed by atoms with Crippen LogP contribution in [0.25, 0.3) is 11.1 Å². The Labute approximate surface area is 97.6 Å². The van der Waals surface area contributed by atoms with Crippen molar-refractivity contribution in [3.63, 3.8) is 0 Å². The van der Waals surface area contributed by atoms with E-state index in [1.54, 1.807) is 24.3 Å². The van der Waals surface area contributed by atoms with Gasteiger partial charge >= 0.3 is 6.08 Å². The third-order valence-corrected chi connectivity index (χ3v) is 2.36. The van der Waals surface area contributed by atoms with E-state index in [9.17, 15) is 0 Å². The zero-order chi connectivity index (χ0) is 11.7. The van der Waals surface area contributed by atoms with E-state index in [0.717, 1.165) is 5.52 Å². The molecule has 0 saturated heterocycles. The monoisotopic (exact) mass is 226 g/mol. The Kier molecular flexibility index (Phi) is 2.19. The molecule has 0 atom stereocenters. The summed E-state index contributed by atoms with van der Waals surface area (Å²) in [6.45, 7) is 0.